The third-order valence-corrected chi connectivity index (χ3v) is 3.46. The van der Waals surface area contributed by atoms with E-state index in [1.54, 1.807) is 12.1 Å². The molecule has 1 N–H and O–H groups in total. The standard InChI is InChI=1S/C13H17FO/c1-13(15,11-3-2-4-11)9-10-5-7-12(14)8-6-10/h5-8,11,15H,2-4,9H2,1H3. The van der Waals surface area contributed by atoms with Gasteiger partial charge in [0.2, 0.25) is 0 Å². The van der Waals surface area contributed by atoms with Crippen molar-refractivity contribution >= 4 is 0 Å². The number of hydrogen-bond acceptors (Lipinski definition) is 1. The third-order valence-electron chi connectivity index (χ3n) is 3.46. The Bertz CT molecular complexity index is 325. The lowest BCUT2D eigenvalue weighted by atomic mass is 9.71. The van der Waals surface area contributed by atoms with Crippen LogP contribution >= 0.6 is 0 Å². The van der Waals surface area contributed by atoms with Crippen LogP contribution in [0.5, 0.6) is 0 Å². The molecule has 1 aromatic rings. The molecular formula is C13H17FO. The van der Waals surface area contributed by atoms with Crippen molar-refractivity contribution in [1.82, 2.24) is 0 Å². The second kappa shape index (κ2) is 3.93. The first-order valence-corrected chi connectivity index (χ1v) is 5.55. The maximum Gasteiger partial charge on any atom is 0.123 e. The van der Waals surface area contributed by atoms with Crippen LogP contribution in [0.15, 0.2) is 24.3 Å². The van der Waals surface area contributed by atoms with Gasteiger partial charge in [-0.2, -0.15) is 0 Å². The molecule has 1 unspecified atom stereocenters. The number of aliphatic hydroxyl groups is 1. The molecule has 0 spiro atoms. The van der Waals surface area contributed by atoms with Gasteiger partial charge in [-0.25, -0.2) is 4.39 Å². The Balaban J connectivity index is 2.03. The molecule has 0 aliphatic heterocycles. The molecule has 1 fully saturated rings. The summed E-state index contributed by atoms with van der Waals surface area (Å²) in [6.07, 6.45) is 4.09. The summed E-state index contributed by atoms with van der Waals surface area (Å²) in [4.78, 5) is 0. The van der Waals surface area contributed by atoms with E-state index in [1.807, 2.05) is 6.92 Å². The third kappa shape index (κ3) is 2.37. The van der Waals surface area contributed by atoms with Crippen molar-refractivity contribution in [2.45, 2.75) is 38.2 Å². The molecular weight excluding hydrogens is 191 g/mol. The largest absolute Gasteiger partial charge is 0.390 e. The maximum absolute atomic E-state index is 12.7. The number of rotatable bonds is 3. The second-order valence-electron chi connectivity index (χ2n) is 4.79. The quantitative estimate of drug-likeness (QED) is 0.809. The highest BCUT2D eigenvalue weighted by molar-refractivity contribution is 5.18. The topological polar surface area (TPSA) is 20.2 Å². The summed E-state index contributed by atoms with van der Waals surface area (Å²) in [5, 5.41) is 10.3. The molecule has 1 saturated carbocycles. The number of halogens is 1. The fraction of sp³-hybridized carbons (Fsp3) is 0.538. The van der Waals surface area contributed by atoms with Crippen LogP contribution in [-0.2, 0) is 6.42 Å². The average molecular weight is 208 g/mol. The summed E-state index contributed by atoms with van der Waals surface area (Å²) in [6, 6.07) is 6.41. The molecule has 0 bridgehead atoms. The molecule has 2 heteroatoms. The highest BCUT2D eigenvalue weighted by Crippen LogP contribution is 2.37. The minimum absolute atomic E-state index is 0.220. The van der Waals surface area contributed by atoms with Gasteiger partial charge in [0, 0.05) is 6.42 Å². The molecule has 82 valence electrons. The second-order valence-corrected chi connectivity index (χ2v) is 4.79. The Morgan fingerprint density at radius 1 is 1.33 bits per heavy atom. The molecule has 2 rings (SSSR count). The molecule has 15 heavy (non-hydrogen) atoms. The summed E-state index contributed by atoms with van der Waals surface area (Å²) < 4.78 is 12.7. The van der Waals surface area contributed by atoms with Gasteiger partial charge in [0.25, 0.3) is 0 Å². The number of hydrogen-bond donors (Lipinski definition) is 1. The smallest absolute Gasteiger partial charge is 0.123 e. The van der Waals surface area contributed by atoms with E-state index in [0.717, 1.165) is 18.4 Å². The first kappa shape index (κ1) is 10.6. The highest BCUT2D eigenvalue weighted by atomic mass is 19.1. The van der Waals surface area contributed by atoms with Crippen molar-refractivity contribution in [2.24, 2.45) is 5.92 Å². The van der Waals surface area contributed by atoms with Crippen molar-refractivity contribution in [3.63, 3.8) is 0 Å². The van der Waals surface area contributed by atoms with Crippen molar-refractivity contribution in [3.05, 3.63) is 35.6 Å². The summed E-state index contributed by atoms with van der Waals surface area (Å²) in [7, 11) is 0. The van der Waals surface area contributed by atoms with Crippen LogP contribution < -0.4 is 0 Å². The lowest BCUT2D eigenvalue weighted by Crippen LogP contribution is -2.40. The van der Waals surface area contributed by atoms with Gasteiger partial charge in [-0.15, -0.1) is 0 Å². The molecule has 0 radical (unpaired) electrons. The maximum atomic E-state index is 12.7. The van der Waals surface area contributed by atoms with E-state index in [4.69, 9.17) is 0 Å². The van der Waals surface area contributed by atoms with Gasteiger partial charge in [0.05, 0.1) is 5.60 Å². The fourth-order valence-corrected chi connectivity index (χ4v) is 2.19. The predicted octanol–water partition coefficient (Wildman–Crippen LogP) is 2.92. The Morgan fingerprint density at radius 2 is 1.93 bits per heavy atom. The Labute approximate surface area is 89.9 Å². The zero-order valence-electron chi connectivity index (χ0n) is 9.04. The van der Waals surface area contributed by atoms with Gasteiger partial charge < -0.3 is 5.11 Å². The van der Waals surface area contributed by atoms with Gasteiger partial charge in [-0.3, -0.25) is 0 Å². The van der Waals surface area contributed by atoms with Crippen LogP contribution in [0.4, 0.5) is 4.39 Å². The molecule has 1 aromatic carbocycles. The monoisotopic (exact) mass is 208 g/mol. The summed E-state index contributed by atoms with van der Waals surface area (Å²) in [5.41, 5.74) is 0.379. The first-order chi connectivity index (χ1) is 7.08. The van der Waals surface area contributed by atoms with Crippen molar-refractivity contribution in [2.75, 3.05) is 0 Å². The van der Waals surface area contributed by atoms with Crippen LogP contribution in [-0.4, -0.2) is 10.7 Å². The van der Waals surface area contributed by atoms with Crippen molar-refractivity contribution in [1.29, 1.82) is 0 Å². The van der Waals surface area contributed by atoms with Gasteiger partial charge in [-0.05, 0) is 43.4 Å². The van der Waals surface area contributed by atoms with Crippen LogP contribution in [0.25, 0.3) is 0 Å². The fourth-order valence-electron chi connectivity index (χ4n) is 2.19. The van der Waals surface area contributed by atoms with Crippen LogP contribution in [0.3, 0.4) is 0 Å². The molecule has 1 nitrogen and oxygen atoms in total. The van der Waals surface area contributed by atoms with E-state index in [-0.39, 0.29) is 5.82 Å². The molecule has 0 aromatic heterocycles. The van der Waals surface area contributed by atoms with Crippen molar-refractivity contribution < 1.29 is 9.50 Å². The molecule has 1 aliphatic carbocycles. The van der Waals surface area contributed by atoms with Gasteiger partial charge in [0.1, 0.15) is 5.82 Å². The van der Waals surface area contributed by atoms with E-state index >= 15 is 0 Å². The van der Waals surface area contributed by atoms with E-state index in [0.29, 0.717) is 12.3 Å². The van der Waals surface area contributed by atoms with E-state index in [9.17, 15) is 9.50 Å². The molecule has 1 aliphatic rings. The van der Waals surface area contributed by atoms with Gasteiger partial charge >= 0.3 is 0 Å². The minimum atomic E-state index is -0.629. The summed E-state index contributed by atoms with van der Waals surface area (Å²) in [5.74, 6) is 0.199. The van der Waals surface area contributed by atoms with E-state index in [2.05, 4.69) is 0 Å². The van der Waals surface area contributed by atoms with Gasteiger partial charge in [0.15, 0.2) is 0 Å². The highest BCUT2D eigenvalue weighted by Gasteiger charge is 2.35. The van der Waals surface area contributed by atoms with Crippen LogP contribution in [0.1, 0.15) is 31.7 Å². The molecule has 0 amide bonds. The summed E-state index contributed by atoms with van der Waals surface area (Å²) >= 11 is 0. The SMILES string of the molecule is CC(O)(Cc1ccc(F)cc1)C1CCC1. The number of benzene rings is 1. The normalized spacial score (nSPS) is 20.7. The molecule has 1 atom stereocenters. The molecule has 0 heterocycles. The average Bonchev–Trinajstić information content (AvgIpc) is 2.04. The Hall–Kier alpha value is -0.890. The Kier molecular flexibility index (Phi) is 2.79. The minimum Gasteiger partial charge on any atom is -0.390 e. The zero-order valence-corrected chi connectivity index (χ0v) is 9.04. The van der Waals surface area contributed by atoms with Gasteiger partial charge in [-0.1, -0.05) is 18.6 Å². The van der Waals surface area contributed by atoms with E-state index < -0.39 is 5.60 Å². The lowest BCUT2D eigenvalue weighted by Gasteiger charge is -2.39. The summed E-state index contributed by atoms with van der Waals surface area (Å²) in [6.45, 7) is 1.89. The first-order valence-electron chi connectivity index (χ1n) is 5.55. The van der Waals surface area contributed by atoms with Crippen LogP contribution in [0, 0.1) is 11.7 Å². The predicted molar refractivity (Wildman–Crippen MR) is 58.1 cm³/mol. The van der Waals surface area contributed by atoms with Crippen molar-refractivity contribution in [3.8, 4) is 0 Å². The van der Waals surface area contributed by atoms with E-state index in [1.165, 1.54) is 18.6 Å². The Morgan fingerprint density at radius 3 is 2.40 bits per heavy atom. The van der Waals surface area contributed by atoms with Crippen LogP contribution in [0.2, 0.25) is 0 Å². The lowest BCUT2D eigenvalue weighted by molar-refractivity contribution is -0.0339. The molecule has 0 saturated heterocycles. The zero-order chi connectivity index (χ0) is 10.9.